The minimum absolute atomic E-state index is 0.102. The number of amides is 1. The van der Waals surface area contributed by atoms with Crippen LogP contribution in [-0.2, 0) is 14.2 Å². The molecule has 6 nitrogen and oxygen atoms in total. The lowest BCUT2D eigenvalue weighted by Crippen LogP contribution is -2.53. The van der Waals surface area contributed by atoms with Crippen LogP contribution in [-0.4, -0.2) is 61.3 Å². The van der Waals surface area contributed by atoms with Crippen molar-refractivity contribution in [2.24, 2.45) is 0 Å². The molecule has 1 amide bonds. The molecule has 3 heterocycles. The van der Waals surface area contributed by atoms with Gasteiger partial charge in [0.05, 0.1) is 12.2 Å². The third-order valence-corrected chi connectivity index (χ3v) is 5.28. The molecule has 0 aromatic carbocycles. The molecule has 5 atom stereocenters. The van der Waals surface area contributed by atoms with Crippen molar-refractivity contribution in [2.75, 3.05) is 19.7 Å². The Morgan fingerprint density at radius 3 is 2.74 bits per heavy atom. The molecular formula is C17H26N2O4. The van der Waals surface area contributed by atoms with E-state index < -0.39 is 6.29 Å². The van der Waals surface area contributed by atoms with Gasteiger partial charge in [-0.15, -0.1) is 0 Å². The molecule has 3 fully saturated rings. The van der Waals surface area contributed by atoms with Crippen molar-refractivity contribution in [3.8, 4) is 0 Å². The average Bonchev–Trinajstić information content (AvgIpc) is 3.07. The predicted molar refractivity (Wildman–Crippen MR) is 84.0 cm³/mol. The van der Waals surface area contributed by atoms with E-state index in [2.05, 4.69) is 17.5 Å². The number of hydrogen-bond acceptors (Lipinski definition) is 5. The van der Waals surface area contributed by atoms with E-state index in [0.717, 1.165) is 51.6 Å². The van der Waals surface area contributed by atoms with Crippen LogP contribution in [0.15, 0.2) is 12.2 Å². The number of hydrogen-bond donors (Lipinski definition) is 1. The lowest BCUT2D eigenvalue weighted by Gasteiger charge is -2.32. The Morgan fingerprint density at radius 2 is 1.91 bits per heavy atom. The Balaban J connectivity index is 1.25. The zero-order valence-electron chi connectivity index (χ0n) is 13.5. The van der Waals surface area contributed by atoms with Gasteiger partial charge in [0.15, 0.2) is 6.29 Å². The van der Waals surface area contributed by atoms with Gasteiger partial charge in [0.25, 0.3) is 0 Å². The van der Waals surface area contributed by atoms with Gasteiger partial charge >= 0.3 is 6.09 Å². The highest BCUT2D eigenvalue weighted by molar-refractivity contribution is 5.68. The summed E-state index contributed by atoms with van der Waals surface area (Å²) in [6, 6.07) is 0.866. The maximum Gasteiger partial charge on any atom is 0.410 e. The maximum absolute atomic E-state index is 12.3. The first kappa shape index (κ1) is 15.4. The number of ether oxygens (including phenoxy) is 3. The molecule has 0 radical (unpaired) electrons. The van der Waals surface area contributed by atoms with E-state index in [9.17, 15) is 4.79 Å². The van der Waals surface area contributed by atoms with E-state index >= 15 is 0 Å². The second kappa shape index (κ2) is 6.79. The zero-order chi connectivity index (χ0) is 15.6. The van der Waals surface area contributed by atoms with Gasteiger partial charge in [0.2, 0.25) is 0 Å². The molecule has 3 aliphatic heterocycles. The summed E-state index contributed by atoms with van der Waals surface area (Å²) in [6.45, 7) is 1.68. The minimum atomic E-state index is -0.417. The number of piperazine rings is 1. The highest BCUT2D eigenvalue weighted by Gasteiger charge is 2.38. The van der Waals surface area contributed by atoms with Gasteiger partial charge in [0.1, 0.15) is 6.61 Å². The highest BCUT2D eigenvalue weighted by Crippen LogP contribution is 2.28. The van der Waals surface area contributed by atoms with Crippen LogP contribution < -0.4 is 5.32 Å². The highest BCUT2D eigenvalue weighted by atomic mass is 16.7. The Morgan fingerprint density at radius 1 is 1.13 bits per heavy atom. The fourth-order valence-corrected chi connectivity index (χ4v) is 4.10. The summed E-state index contributed by atoms with van der Waals surface area (Å²) in [5.41, 5.74) is 0. The summed E-state index contributed by atoms with van der Waals surface area (Å²) in [5.74, 6) is 0. The van der Waals surface area contributed by atoms with Crippen LogP contribution in [0.1, 0.15) is 38.5 Å². The summed E-state index contributed by atoms with van der Waals surface area (Å²) in [5, 5.41) is 3.51. The topological polar surface area (TPSA) is 60.0 Å². The quantitative estimate of drug-likeness (QED) is 0.786. The normalized spacial score (nSPS) is 41.0. The predicted octanol–water partition coefficient (Wildman–Crippen LogP) is 1.80. The van der Waals surface area contributed by atoms with Gasteiger partial charge in [-0.25, -0.2) is 4.79 Å². The SMILES string of the molecule is O=C(OC[C@H]1O[C@H]2C/C=C\CCC[C@H]2O1)N1CC2CCC(C1)N2. The molecule has 1 N–H and O–H groups in total. The number of carbonyl (C=O) groups is 1. The van der Waals surface area contributed by atoms with E-state index in [1.54, 1.807) is 0 Å². The van der Waals surface area contributed by atoms with Crippen LogP contribution in [0.4, 0.5) is 4.79 Å². The van der Waals surface area contributed by atoms with Crippen LogP contribution in [0.3, 0.4) is 0 Å². The van der Waals surface area contributed by atoms with Crippen molar-refractivity contribution in [1.82, 2.24) is 10.2 Å². The first-order valence-corrected chi connectivity index (χ1v) is 8.91. The number of nitrogens with one attached hydrogen (secondary N) is 1. The number of allylic oxidation sites excluding steroid dienone is 1. The van der Waals surface area contributed by atoms with E-state index in [0.29, 0.717) is 12.1 Å². The molecule has 6 heteroatoms. The number of likely N-dealkylation sites (tertiary alicyclic amines) is 1. The molecule has 128 valence electrons. The van der Waals surface area contributed by atoms with Crippen molar-refractivity contribution in [1.29, 1.82) is 0 Å². The van der Waals surface area contributed by atoms with Crippen LogP contribution in [0.5, 0.6) is 0 Å². The van der Waals surface area contributed by atoms with E-state index in [1.807, 2.05) is 4.90 Å². The Hall–Kier alpha value is -1.11. The second-order valence-corrected chi connectivity index (χ2v) is 7.04. The number of nitrogens with zero attached hydrogens (tertiary/aromatic N) is 1. The van der Waals surface area contributed by atoms with E-state index in [-0.39, 0.29) is 24.9 Å². The first-order valence-electron chi connectivity index (χ1n) is 8.91. The number of carbonyl (C=O) groups excluding carboxylic acids is 1. The van der Waals surface area contributed by atoms with Crippen LogP contribution in [0.25, 0.3) is 0 Å². The standard InChI is InChI=1S/C17H26N2O4/c20-17(19-9-12-7-8-13(10-19)18-12)21-11-16-22-14-5-3-1-2-4-6-15(14)23-16/h1,3,12-16,18H,2,4-11H2/b3-1-/t12?,13?,14-,15+,16-/m0/s1. The summed E-state index contributed by atoms with van der Waals surface area (Å²) in [7, 11) is 0. The van der Waals surface area contributed by atoms with Gasteiger partial charge in [-0.2, -0.15) is 0 Å². The molecule has 0 spiro atoms. The smallest absolute Gasteiger partial charge is 0.410 e. The number of fused-ring (bicyclic) bond motifs is 3. The third-order valence-electron chi connectivity index (χ3n) is 5.28. The monoisotopic (exact) mass is 322 g/mol. The molecule has 4 rings (SSSR count). The van der Waals surface area contributed by atoms with Crippen molar-refractivity contribution < 1.29 is 19.0 Å². The van der Waals surface area contributed by atoms with E-state index in [1.165, 1.54) is 0 Å². The summed E-state index contributed by atoms with van der Waals surface area (Å²) in [4.78, 5) is 14.1. The van der Waals surface area contributed by atoms with Crippen molar-refractivity contribution >= 4 is 6.09 Å². The maximum atomic E-state index is 12.3. The Labute approximate surface area is 137 Å². The largest absolute Gasteiger partial charge is 0.444 e. The van der Waals surface area contributed by atoms with Gasteiger partial charge in [0, 0.05) is 25.2 Å². The minimum Gasteiger partial charge on any atom is -0.444 e. The molecule has 23 heavy (non-hydrogen) atoms. The Bertz CT molecular complexity index is 458. The van der Waals surface area contributed by atoms with Crippen molar-refractivity contribution in [2.45, 2.75) is 69.1 Å². The van der Waals surface area contributed by atoms with Crippen LogP contribution >= 0.6 is 0 Å². The third kappa shape index (κ3) is 3.54. The van der Waals surface area contributed by atoms with E-state index in [4.69, 9.17) is 14.2 Å². The molecule has 0 saturated carbocycles. The van der Waals surface area contributed by atoms with Crippen molar-refractivity contribution in [3.63, 3.8) is 0 Å². The van der Waals surface area contributed by atoms with Crippen molar-refractivity contribution in [3.05, 3.63) is 12.2 Å². The molecule has 0 aromatic heterocycles. The molecule has 2 unspecified atom stereocenters. The first-order chi connectivity index (χ1) is 11.3. The van der Waals surface area contributed by atoms with Gasteiger partial charge in [-0.3, -0.25) is 0 Å². The van der Waals surface area contributed by atoms with Gasteiger partial charge < -0.3 is 24.4 Å². The molecule has 0 aromatic rings. The molecular weight excluding hydrogens is 296 g/mol. The molecule has 2 bridgehead atoms. The van der Waals surface area contributed by atoms with Gasteiger partial charge in [-0.05, 0) is 38.5 Å². The average molecular weight is 322 g/mol. The molecule has 1 aliphatic carbocycles. The lowest BCUT2D eigenvalue weighted by atomic mass is 10.0. The van der Waals surface area contributed by atoms with Crippen LogP contribution in [0.2, 0.25) is 0 Å². The molecule has 3 saturated heterocycles. The fraction of sp³-hybridized carbons (Fsp3) is 0.824. The van der Waals surface area contributed by atoms with Crippen LogP contribution in [0, 0.1) is 0 Å². The van der Waals surface area contributed by atoms with Gasteiger partial charge in [-0.1, -0.05) is 12.2 Å². The fourth-order valence-electron chi connectivity index (χ4n) is 4.10. The summed E-state index contributed by atoms with van der Waals surface area (Å²) < 4.78 is 17.3. The second-order valence-electron chi connectivity index (χ2n) is 7.04. The summed E-state index contributed by atoms with van der Waals surface area (Å²) in [6.07, 6.45) is 10.4. The number of rotatable bonds is 2. The zero-order valence-corrected chi connectivity index (χ0v) is 13.5. The Kier molecular flexibility index (Phi) is 4.55. The summed E-state index contributed by atoms with van der Waals surface area (Å²) >= 11 is 0. The lowest BCUT2D eigenvalue weighted by molar-refractivity contribution is -0.101. The molecule has 4 aliphatic rings.